The van der Waals surface area contributed by atoms with Gasteiger partial charge in [0.15, 0.2) is 0 Å². The predicted octanol–water partition coefficient (Wildman–Crippen LogP) is 2.90. The molecule has 0 radical (unpaired) electrons. The molecule has 0 aromatic carbocycles. The van der Waals surface area contributed by atoms with Crippen molar-refractivity contribution in [2.75, 3.05) is 11.9 Å². The quantitative estimate of drug-likeness (QED) is 0.916. The largest absolute Gasteiger partial charge is 0.355 e. The summed E-state index contributed by atoms with van der Waals surface area (Å²) in [7, 11) is 0. The lowest BCUT2D eigenvalue weighted by Gasteiger charge is -2.32. The van der Waals surface area contributed by atoms with Crippen LogP contribution in [0.3, 0.4) is 0 Å². The highest BCUT2D eigenvalue weighted by molar-refractivity contribution is 7.20. The monoisotopic (exact) mass is 335 g/mol. The van der Waals surface area contributed by atoms with E-state index >= 15 is 0 Å². The minimum Gasteiger partial charge on any atom is -0.355 e. The van der Waals surface area contributed by atoms with Crippen LogP contribution >= 0.6 is 11.3 Å². The smallest absolute Gasteiger partial charge is 0.225 e. The molecule has 0 bridgehead atoms. The number of hydrogen-bond acceptors (Lipinski definition) is 5. The van der Waals surface area contributed by atoms with Crippen molar-refractivity contribution >= 4 is 27.3 Å². The number of imidazole rings is 1. The molecular formula is C16H25N5OS. The summed E-state index contributed by atoms with van der Waals surface area (Å²) in [6.07, 6.45) is 2.50. The van der Waals surface area contributed by atoms with Crippen LogP contribution in [0.2, 0.25) is 0 Å². The van der Waals surface area contributed by atoms with Crippen molar-refractivity contribution in [2.24, 2.45) is 0 Å². The van der Waals surface area contributed by atoms with Crippen molar-refractivity contribution in [1.82, 2.24) is 19.5 Å². The summed E-state index contributed by atoms with van der Waals surface area (Å²) < 4.78 is 1.83. The Bertz CT molecular complexity index is 702. The molecular weight excluding hydrogens is 310 g/mol. The van der Waals surface area contributed by atoms with Crippen molar-refractivity contribution in [2.45, 2.75) is 65.0 Å². The Labute approximate surface area is 140 Å². The molecule has 1 unspecified atom stereocenters. The molecule has 1 aliphatic heterocycles. The summed E-state index contributed by atoms with van der Waals surface area (Å²) in [6, 6.07) is 0.111. The van der Waals surface area contributed by atoms with E-state index in [1.165, 1.54) is 11.3 Å². The van der Waals surface area contributed by atoms with Crippen molar-refractivity contribution in [1.29, 1.82) is 0 Å². The maximum atomic E-state index is 12.2. The third-order valence-electron chi connectivity index (χ3n) is 4.07. The van der Waals surface area contributed by atoms with Gasteiger partial charge in [0, 0.05) is 23.9 Å². The fourth-order valence-electron chi connectivity index (χ4n) is 2.75. The molecule has 126 valence electrons. The number of nitrogens with one attached hydrogen (secondary N) is 1. The van der Waals surface area contributed by atoms with E-state index in [1.807, 2.05) is 15.6 Å². The minimum absolute atomic E-state index is 0.0199. The summed E-state index contributed by atoms with van der Waals surface area (Å²) in [4.78, 5) is 19.6. The van der Waals surface area contributed by atoms with E-state index in [2.05, 4.69) is 56.9 Å². The van der Waals surface area contributed by atoms with Gasteiger partial charge in [0.25, 0.3) is 0 Å². The number of fused-ring (bicyclic) bond motifs is 1. The van der Waals surface area contributed by atoms with Gasteiger partial charge in [-0.05, 0) is 20.8 Å². The first kappa shape index (κ1) is 16.2. The molecule has 23 heavy (non-hydrogen) atoms. The fraction of sp³-hybridized carbons (Fsp3) is 0.688. The first-order valence-electron chi connectivity index (χ1n) is 7.98. The van der Waals surface area contributed by atoms with Gasteiger partial charge >= 0.3 is 0 Å². The Hall–Kier alpha value is -1.63. The number of carbonyl (C=O) groups excluding carboxylic acids is 1. The number of nitrogens with zero attached hydrogens (tertiary/aromatic N) is 4. The van der Waals surface area contributed by atoms with Crippen LogP contribution < -0.4 is 5.32 Å². The highest BCUT2D eigenvalue weighted by atomic mass is 32.1. The lowest BCUT2D eigenvalue weighted by Crippen LogP contribution is -2.43. The Morgan fingerprint density at radius 2 is 1.96 bits per heavy atom. The van der Waals surface area contributed by atoms with Gasteiger partial charge in [-0.25, -0.2) is 9.50 Å². The molecule has 0 aliphatic carbocycles. The van der Waals surface area contributed by atoms with Crippen LogP contribution in [0.15, 0.2) is 6.20 Å². The minimum atomic E-state index is -0.132. The Morgan fingerprint density at radius 3 is 2.48 bits per heavy atom. The molecule has 6 nitrogen and oxygen atoms in total. The van der Waals surface area contributed by atoms with E-state index in [0.717, 1.165) is 22.3 Å². The van der Waals surface area contributed by atoms with Crippen molar-refractivity contribution in [3.05, 3.63) is 11.9 Å². The van der Waals surface area contributed by atoms with Gasteiger partial charge in [0.1, 0.15) is 0 Å². The van der Waals surface area contributed by atoms with Gasteiger partial charge in [0.05, 0.1) is 17.9 Å². The van der Waals surface area contributed by atoms with Crippen LogP contribution in [0.4, 0.5) is 5.13 Å². The number of aromatic nitrogens is 3. The van der Waals surface area contributed by atoms with Crippen molar-refractivity contribution in [3.63, 3.8) is 0 Å². The SMILES string of the molecule is CC(C)(C)c1cn2nc(NC3CC(=O)N(C(C)(C)C)C3)sc2n1. The molecule has 2 aromatic heterocycles. The maximum absolute atomic E-state index is 12.2. The zero-order chi connectivity index (χ0) is 17.0. The molecule has 1 aliphatic rings. The first-order chi connectivity index (χ1) is 10.5. The normalized spacial score (nSPS) is 19.8. The molecule has 0 spiro atoms. The summed E-state index contributed by atoms with van der Waals surface area (Å²) in [5, 5.41) is 8.77. The maximum Gasteiger partial charge on any atom is 0.225 e. The summed E-state index contributed by atoms with van der Waals surface area (Å²) in [5.41, 5.74) is 0.927. The third kappa shape index (κ3) is 3.20. The molecule has 0 saturated carbocycles. The van der Waals surface area contributed by atoms with E-state index in [1.54, 1.807) is 0 Å². The Kier molecular flexibility index (Phi) is 3.66. The van der Waals surface area contributed by atoms with Gasteiger partial charge in [-0.2, -0.15) is 0 Å². The Morgan fingerprint density at radius 1 is 1.26 bits per heavy atom. The molecule has 1 amide bonds. The van der Waals surface area contributed by atoms with Gasteiger partial charge in [-0.15, -0.1) is 5.10 Å². The number of carbonyl (C=O) groups is 1. The molecule has 2 aromatic rings. The first-order valence-corrected chi connectivity index (χ1v) is 8.79. The van der Waals surface area contributed by atoms with Crippen LogP contribution in [-0.4, -0.2) is 43.5 Å². The topological polar surface area (TPSA) is 62.5 Å². The second kappa shape index (κ2) is 5.19. The number of hydrogen-bond donors (Lipinski definition) is 1. The third-order valence-corrected chi connectivity index (χ3v) is 4.93. The zero-order valence-corrected chi connectivity index (χ0v) is 15.5. The van der Waals surface area contributed by atoms with E-state index in [0.29, 0.717) is 6.42 Å². The average molecular weight is 335 g/mol. The predicted molar refractivity (Wildman–Crippen MR) is 93.1 cm³/mol. The highest BCUT2D eigenvalue weighted by Gasteiger charge is 2.36. The molecule has 1 fully saturated rings. The van der Waals surface area contributed by atoms with Gasteiger partial charge in [-0.3, -0.25) is 4.79 Å². The van der Waals surface area contributed by atoms with Crippen LogP contribution in [-0.2, 0) is 10.2 Å². The lowest BCUT2D eigenvalue weighted by atomic mass is 9.93. The summed E-state index contributed by atoms with van der Waals surface area (Å²) in [6.45, 7) is 13.4. The number of anilines is 1. The summed E-state index contributed by atoms with van der Waals surface area (Å²) >= 11 is 1.53. The fourth-order valence-corrected chi connectivity index (χ4v) is 3.61. The number of rotatable bonds is 2. The molecule has 3 heterocycles. The highest BCUT2D eigenvalue weighted by Crippen LogP contribution is 2.28. The van der Waals surface area contributed by atoms with E-state index in [-0.39, 0.29) is 22.9 Å². The van der Waals surface area contributed by atoms with Crippen LogP contribution in [0.1, 0.15) is 53.7 Å². The standard InChI is InChI=1S/C16H25N5OS/c1-15(2,3)11-9-21-14(18-11)23-13(19-21)17-10-7-12(22)20(8-10)16(4,5)6/h9-10H,7-8H2,1-6H3,(H,17,19). The van der Waals surface area contributed by atoms with Crippen LogP contribution in [0, 0.1) is 0 Å². The molecule has 3 rings (SSSR count). The second-order valence-electron chi connectivity index (χ2n) is 8.23. The molecule has 1 saturated heterocycles. The zero-order valence-electron chi connectivity index (χ0n) is 14.7. The number of amides is 1. The lowest BCUT2D eigenvalue weighted by molar-refractivity contribution is -0.131. The Balaban J connectivity index is 1.73. The molecule has 1 atom stereocenters. The number of likely N-dealkylation sites (tertiary alicyclic amines) is 1. The van der Waals surface area contributed by atoms with Crippen LogP contribution in [0.5, 0.6) is 0 Å². The van der Waals surface area contributed by atoms with Gasteiger partial charge < -0.3 is 10.2 Å². The van der Waals surface area contributed by atoms with E-state index in [4.69, 9.17) is 0 Å². The van der Waals surface area contributed by atoms with Gasteiger partial charge in [-0.1, -0.05) is 32.1 Å². The van der Waals surface area contributed by atoms with Crippen molar-refractivity contribution < 1.29 is 4.79 Å². The van der Waals surface area contributed by atoms with E-state index in [9.17, 15) is 4.79 Å². The van der Waals surface area contributed by atoms with E-state index < -0.39 is 0 Å². The van der Waals surface area contributed by atoms with Gasteiger partial charge in [0.2, 0.25) is 16.0 Å². The summed E-state index contributed by atoms with van der Waals surface area (Å²) in [5.74, 6) is 0.200. The molecule has 7 heteroatoms. The molecule has 1 N–H and O–H groups in total. The van der Waals surface area contributed by atoms with Crippen LogP contribution in [0.25, 0.3) is 4.96 Å². The second-order valence-corrected chi connectivity index (χ2v) is 9.19. The van der Waals surface area contributed by atoms with Crippen molar-refractivity contribution in [3.8, 4) is 0 Å². The average Bonchev–Trinajstić information content (AvgIpc) is 3.00.